The molecule has 2 N–H and O–H groups in total. The van der Waals surface area contributed by atoms with Gasteiger partial charge >= 0.3 is 0 Å². The van der Waals surface area contributed by atoms with Gasteiger partial charge in [-0.05, 0) is 44.0 Å². The van der Waals surface area contributed by atoms with Gasteiger partial charge in [0.05, 0.1) is 0 Å². The monoisotopic (exact) mass is 315 g/mol. The van der Waals surface area contributed by atoms with Crippen molar-refractivity contribution in [3.8, 4) is 5.75 Å². The van der Waals surface area contributed by atoms with Gasteiger partial charge in [0.25, 0.3) is 5.91 Å². The van der Waals surface area contributed by atoms with Crippen LogP contribution in [-0.2, 0) is 16.0 Å². The van der Waals surface area contributed by atoms with Gasteiger partial charge in [0.1, 0.15) is 17.1 Å². The lowest BCUT2D eigenvalue weighted by atomic mass is 10.0. The first-order valence-electron chi connectivity index (χ1n) is 7.31. The van der Waals surface area contributed by atoms with Gasteiger partial charge in [0.2, 0.25) is 5.91 Å². The SMILES string of the molecule is Cc1noc(C)c1NC(=O)COc1ccc2c(c1)CCC(=O)N2. The number of hydrogen-bond donors (Lipinski definition) is 2. The van der Waals surface area contributed by atoms with E-state index in [9.17, 15) is 9.59 Å². The van der Waals surface area contributed by atoms with Crippen molar-refractivity contribution in [3.05, 3.63) is 35.2 Å². The summed E-state index contributed by atoms with van der Waals surface area (Å²) in [6.07, 6.45) is 1.13. The highest BCUT2D eigenvalue weighted by Gasteiger charge is 2.16. The van der Waals surface area contributed by atoms with Gasteiger partial charge in [-0.2, -0.15) is 0 Å². The molecular weight excluding hydrogens is 298 g/mol. The second-order valence-corrected chi connectivity index (χ2v) is 5.40. The molecule has 0 aliphatic carbocycles. The van der Waals surface area contributed by atoms with E-state index < -0.39 is 0 Å². The largest absolute Gasteiger partial charge is 0.484 e. The Morgan fingerprint density at radius 1 is 1.39 bits per heavy atom. The molecule has 0 atom stereocenters. The van der Waals surface area contributed by atoms with Gasteiger partial charge in [-0.15, -0.1) is 0 Å². The van der Waals surface area contributed by atoms with Crippen molar-refractivity contribution < 1.29 is 18.8 Å². The summed E-state index contributed by atoms with van der Waals surface area (Å²) in [7, 11) is 0. The van der Waals surface area contributed by atoms with Crippen LogP contribution >= 0.6 is 0 Å². The third-order valence-electron chi connectivity index (χ3n) is 3.64. The molecule has 3 rings (SSSR count). The number of carbonyl (C=O) groups excluding carboxylic acids is 2. The predicted octanol–water partition coefficient (Wildman–Crippen LogP) is 2.19. The van der Waals surface area contributed by atoms with Crippen LogP contribution in [0.4, 0.5) is 11.4 Å². The van der Waals surface area contributed by atoms with Crippen molar-refractivity contribution >= 4 is 23.2 Å². The van der Waals surface area contributed by atoms with E-state index in [4.69, 9.17) is 9.26 Å². The second kappa shape index (κ2) is 6.12. The number of amides is 2. The Kier molecular flexibility index (Phi) is 4.01. The number of nitrogens with zero attached hydrogens (tertiary/aromatic N) is 1. The van der Waals surface area contributed by atoms with E-state index in [2.05, 4.69) is 15.8 Å². The fourth-order valence-corrected chi connectivity index (χ4v) is 2.44. The van der Waals surface area contributed by atoms with E-state index in [0.717, 1.165) is 11.3 Å². The average molecular weight is 315 g/mol. The molecule has 1 aliphatic rings. The molecule has 2 aromatic rings. The molecule has 23 heavy (non-hydrogen) atoms. The third kappa shape index (κ3) is 3.33. The summed E-state index contributed by atoms with van der Waals surface area (Å²) < 4.78 is 10.5. The molecule has 0 saturated heterocycles. The summed E-state index contributed by atoms with van der Waals surface area (Å²) in [5.74, 6) is 0.879. The van der Waals surface area contributed by atoms with Crippen molar-refractivity contribution in [3.63, 3.8) is 0 Å². The number of nitrogens with one attached hydrogen (secondary N) is 2. The summed E-state index contributed by atoms with van der Waals surface area (Å²) in [5.41, 5.74) is 3.01. The van der Waals surface area contributed by atoms with Crippen LogP contribution in [0.1, 0.15) is 23.4 Å². The van der Waals surface area contributed by atoms with Crippen LogP contribution in [0.15, 0.2) is 22.7 Å². The van der Waals surface area contributed by atoms with Gasteiger partial charge in [0.15, 0.2) is 12.4 Å². The molecule has 0 radical (unpaired) electrons. The maximum atomic E-state index is 12.0. The summed E-state index contributed by atoms with van der Waals surface area (Å²) in [4.78, 5) is 23.3. The highest BCUT2D eigenvalue weighted by Crippen LogP contribution is 2.26. The fraction of sp³-hybridized carbons (Fsp3) is 0.312. The molecule has 0 saturated carbocycles. The highest BCUT2D eigenvalue weighted by molar-refractivity contribution is 5.94. The summed E-state index contributed by atoms with van der Waals surface area (Å²) in [6.45, 7) is 3.37. The van der Waals surface area contributed by atoms with Crippen LogP contribution in [0.2, 0.25) is 0 Å². The van der Waals surface area contributed by atoms with E-state index in [0.29, 0.717) is 35.7 Å². The standard InChI is InChI=1S/C16H17N3O4/c1-9-16(10(2)23-19-9)18-15(21)8-22-12-4-5-13-11(7-12)3-6-14(20)17-13/h4-5,7H,3,6,8H2,1-2H3,(H,17,20)(H,18,21). The van der Waals surface area contributed by atoms with Gasteiger partial charge in [-0.3, -0.25) is 9.59 Å². The third-order valence-corrected chi connectivity index (χ3v) is 3.64. The quantitative estimate of drug-likeness (QED) is 0.902. The Hall–Kier alpha value is -2.83. The Bertz CT molecular complexity index is 747. The Morgan fingerprint density at radius 3 is 2.96 bits per heavy atom. The lowest BCUT2D eigenvalue weighted by Gasteiger charge is -2.17. The maximum Gasteiger partial charge on any atom is 0.262 e. The number of carbonyl (C=O) groups is 2. The van der Waals surface area contributed by atoms with E-state index in [1.54, 1.807) is 26.0 Å². The van der Waals surface area contributed by atoms with Crippen molar-refractivity contribution in [1.82, 2.24) is 5.16 Å². The molecule has 0 unspecified atom stereocenters. The van der Waals surface area contributed by atoms with Crippen LogP contribution in [-0.4, -0.2) is 23.6 Å². The summed E-state index contributed by atoms with van der Waals surface area (Å²) in [6, 6.07) is 5.36. The van der Waals surface area contributed by atoms with E-state index in [1.165, 1.54) is 0 Å². The molecule has 1 aliphatic heterocycles. The normalized spacial score (nSPS) is 13.2. The zero-order valence-corrected chi connectivity index (χ0v) is 12.9. The minimum absolute atomic E-state index is 0.0185. The molecule has 2 heterocycles. The van der Waals surface area contributed by atoms with Gasteiger partial charge in [0, 0.05) is 12.1 Å². The van der Waals surface area contributed by atoms with Crippen molar-refractivity contribution in [1.29, 1.82) is 0 Å². The Balaban J connectivity index is 1.60. The number of hydrogen-bond acceptors (Lipinski definition) is 5. The smallest absolute Gasteiger partial charge is 0.262 e. The number of rotatable bonds is 4. The highest BCUT2D eigenvalue weighted by atomic mass is 16.5. The van der Waals surface area contributed by atoms with Crippen LogP contribution in [0.3, 0.4) is 0 Å². The first-order chi connectivity index (χ1) is 11.0. The fourth-order valence-electron chi connectivity index (χ4n) is 2.44. The first-order valence-corrected chi connectivity index (χ1v) is 7.31. The molecule has 0 spiro atoms. The van der Waals surface area contributed by atoms with Crippen LogP contribution < -0.4 is 15.4 Å². The van der Waals surface area contributed by atoms with E-state index >= 15 is 0 Å². The lowest BCUT2D eigenvalue weighted by molar-refractivity contribution is -0.118. The van der Waals surface area contributed by atoms with Crippen LogP contribution in [0.5, 0.6) is 5.75 Å². The zero-order chi connectivity index (χ0) is 16.4. The van der Waals surface area contributed by atoms with E-state index in [1.807, 2.05) is 6.07 Å². The minimum Gasteiger partial charge on any atom is -0.484 e. The molecule has 1 aromatic heterocycles. The Morgan fingerprint density at radius 2 is 2.22 bits per heavy atom. The Labute approximate surface area is 133 Å². The van der Waals surface area contributed by atoms with Gasteiger partial charge in [-0.25, -0.2) is 0 Å². The number of ether oxygens (including phenoxy) is 1. The molecular formula is C16H17N3O4. The van der Waals surface area contributed by atoms with Crippen molar-refractivity contribution in [2.45, 2.75) is 26.7 Å². The lowest BCUT2D eigenvalue weighted by Crippen LogP contribution is -2.21. The molecule has 7 nitrogen and oxygen atoms in total. The summed E-state index contributed by atoms with van der Waals surface area (Å²) in [5, 5.41) is 9.30. The summed E-state index contributed by atoms with van der Waals surface area (Å²) >= 11 is 0. The van der Waals surface area contributed by atoms with Crippen molar-refractivity contribution in [2.75, 3.05) is 17.2 Å². The number of benzene rings is 1. The molecule has 0 bridgehead atoms. The molecule has 7 heteroatoms. The average Bonchev–Trinajstić information content (AvgIpc) is 2.84. The molecule has 120 valence electrons. The first kappa shape index (κ1) is 15.1. The van der Waals surface area contributed by atoms with Crippen LogP contribution in [0.25, 0.3) is 0 Å². The van der Waals surface area contributed by atoms with Crippen LogP contribution in [0, 0.1) is 13.8 Å². The van der Waals surface area contributed by atoms with Gasteiger partial charge < -0.3 is 19.9 Å². The van der Waals surface area contributed by atoms with Gasteiger partial charge in [-0.1, -0.05) is 5.16 Å². The number of fused-ring (bicyclic) bond motifs is 1. The molecule has 1 aromatic carbocycles. The predicted molar refractivity (Wildman–Crippen MR) is 83.5 cm³/mol. The topological polar surface area (TPSA) is 93.5 Å². The zero-order valence-electron chi connectivity index (χ0n) is 12.9. The molecule has 0 fully saturated rings. The maximum absolute atomic E-state index is 12.0. The second-order valence-electron chi connectivity index (χ2n) is 5.40. The number of aromatic nitrogens is 1. The number of anilines is 2. The minimum atomic E-state index is -0.287. The molecule has 2 amide bonds. The van der Waals surface area contributed by atoms with E-state index in [-0.39, 0.29) is 18.4 Å². The number of aryl methyl sites for hydroxylation is 3. The van der Waals surface area contributed by atoms with Crippen molar-refractivity contribution in [2.24, 2.45) is 0 Å².